The highest BCUT2D eigenvalue weighted by atomic mass is 16.4. The molecule has 6 atom stereocenters. The predicted molar refractivity (Wildman–Crippen MR) is 114 cm³/mol. The molecule has 1 fully saturated rings. The first-order valence-corrected chi connectivity index (χ1v) is 11.1. The Kier molecular flexibility index (Phi) is 11.7. The summed E-state index contributed by atoms with van der Waals surface area (Å²) in [4.78, 5) is 10.5. The van der Waals surface area contributed by atoms with Crippen LogP contribution in [0, 0.1) is 29.6 Å². The summed E-state index contributed by atoms with van der Waals surface area (Å²) in [6.45, 7) is 9.20. The van der Waals surface area contributed by atoms with Crippen molar-refractivity contribution in [1.82, 2.24) is 0 Å². The summed E-state index contributed by atoms with van der Waals surface area (Å²) in [5, 5.41) is 19.1. The van der Waals surface area contributed by atoms with E-state index in [1.807, 2.05) is 0 Å². The molecule has 0 aromatic rings. The van der Waals surface area contributed by atoms with Gasteiger partial charge in [-0.1, -0.05) is 71.6 Å². The van der Waals surface area contributed by atoms with Crippen molar-refractivity contribution in [3.05, 3.63) is 24.3 Å². The fourth-order valence-electron chi connectivity index (χ4n) is 4.64. The third-order valence-electron chi connectivity index (χ3n) is 6.16. The summed E-state index contributed by atoms with van der Waals surface area (Å²) < 4.78 is 0. The molecule has 1 saturated carbocycles. The summed E-state index contributed by atoms with van der Waals surface area (Å²) in [6, 6.07) is 0. The Bertz CT molecular complexity index is 468. The molecular formula is C24H42O3. The Morgan fingerprint density at radius 1 is 1.22 bits per heavy atom. The number of hydrogen-bond acceptors (Lipinski definition) is 2. The lowest BCUT2D eigenvalue weighted by Crippen LogP contribution is -2.19. The number of aliphatic hydroxyl groups excluding tert-OH is 1. The monoisotopic (exact) mass is 378 g/mol. The molecule has 0 bridgehead atoms. The fraction of sp³-hybridized carbons (Fsp3) is 0.792. The molecule has 1 aliphatic rings. The molecule has 0 spiro atoms. The van der Waals surface area contributed by atoms with E-state index in [1.54, 1.807) is 6.08 Å². The Balaban J connectivity index is 2.46. The second-order valence-corrected chi connectivity index (χ2v) is 8.89. The number of carbonyl (C=O) groups is 1. The van der Waals surface area contributed by atoms with Crippen molar-refractivity contribution < 1.29 is 15.0 Å². The van der Waals surface area contributed by atoms with Crippen molar-refractivity contribution in [2.45, 2.75) is 91.6 Å². The summed E-state index contributed by atoms with van der Waals surface area (Å²) in [6.07, 6.45) is 17.5. The van der Waals surface area contributed by atoms with Crippen LogP contribution in [0.25, 0.3) is 0 Å². The zero-order chi connectivity index (χ0) is 20.2. The minimum atomic E-state index is -0.877. The maximum atomic E-state index is 10.5. The van der Waals surface area contributed by atoms with E-state index in [-0.39, 0.29) is 6.10 Å². The molecule has 0 aliphatic heterocycles. The molecule has 156 valence electrons. The van der Waals surface area contributed by atoms with Crippen molar-refractivity contribution in [2.75, 3.05) is 0 Å². The van der Waals surface area contributed by atoms with E-state index in [2.05, 4.69) is 39.8 Å². The van der Waals surface area contributed by atoms with Crippen LogP contribution in [-0.4, -0.2) is 22.3 Å². The Hall–Kier alpha value is -1.09. The van der Waals surface area contributed by atoms with Crippen LogP contribution >= 0.6 is 0 Å². The summed E-state index contributed by atoms with van der Waals surface area (Å²) in [5.74, 6) is 1.87. The minimum absolute atomic E-state index is 0.192. The average molecular weight is 379 g/mol. The van der Waals surface area contributed by atoms with Gasteiger partial charge in [0.25, 0.3) is 0 Å². The van der Waals surface area contributed by atoms with Crippen LogP contribution in [0.15, 0.2) is 24.3 Å². The first-order valence-electron chi connectivity index (χ1n) is 11.1. The lowest BCUT2D eigenvalue weighted by molar-refractivity contribution is -0.131. The lowest BCUT2D eigenvalue weighted by Gasteiger charge is -2.22. The molecule has 0 heterocycles. The Morgan fingerprint density at radius 2 is 1.96 bits per heavy atom. The average Bonchev–Trinajstić information content (AvgIpc) is 2.87. The molecule has 3 heteroatoms. The van der Waals surface area contributed by atoms with Gasteiger partial charge in [-0.05, 0) is 61.7 Å². The van der Waals surface area contributed by atoms with Crippen molar-refractivity contribution >= 4 is 5.97 Å². The van der Waals surface area contributed by atoms with E-state index < -0.39 is 5.97 Å². The second kappa shape index (κ2) is 13.1. The molecule has 0 saturated heterocycles. The molecular weight excluding hydrogens is 336 g/mol. The van der Waals surface area contributed by atoms with Gasteiger partial charge >= 0.3 is 5.97 Å². The SMILES string of the molecule is CCCC[C@H](C)C[C@H](C)/C=C/[C@@H]1[C@@H](CCCC/C=C/C(=O)O)[C@@H](O)C[C@H]1C. The van der Waals surface area contributed by atoms with Gasteiger partial charge in [-0.25, -0.2) is 4.79 Å². The second-order valence-electron chi connectivity index (χ2n) is 8.89. The standard InChI is InChI=1S/C24H42O3/c1-5-6-11-18(2)16-19(3)14-15-21-20(4)17-23(25)22(21)12-9-7-8-10-13-24(26)27/h10,13-15,18-23,25H,5-9,11-12,16-17H2,1-4H3,(H,26,27)/b13-10+,15-14+/t18-,19+,20+,21-,22+,23-/m0/s1. The van der Waals surface area contributed by atoms with Crippen LogP contribution in [0.1, 0.15) is 85.5 Å². The van der Waals surface area contributed by atoms with Crippen molar-refractivity contribution in [2.24, 2.45) is 29.6 Å². The Morgan fingerprint density at radius 3 is 2.63 bits per heavy atom. The zero-order valence-corrected chi connectivity index (χ0v) is 17.9. The van der Waals surface area contributed by atoms with Crippen molar-refractivity contribution in [3.63, 3.8) is 0 Å². The molecule has 0 amide bonds. The van der Waals surface area contributed by atoms with E-state index in [0.717, 1.165) is 38.0 Å². The van der Waals surface area contributed by atoms with Crippen LogP contribution in [0.5, 0.6) is 0 Å². The van der Waals surface area contributed by atoms with Gasteiger partial charge in [0.2, 0.25) is 0 Å². The number of aliphatic hydroxyl groups is 1. The molecule has 2 N–H and O–H groups in total. The van der Waals surface area contributed by atoms with E-state index in [4.69, 9.17) is 5.11 Å². The third kappa shape index (κ3) is 9.60. The highest BCUT2D eigenvalue weighted by Crippen LogP contribution is 2.41. The van der Waals surface area contributed by atoms with Crippen LogP contribution < -0.4 is 0 Å². The minimum Gasteiger partial charge on any atom is -0.478 e. The summed E-state index contributed by atoms with van der Waals surface area (Å²) in [7, 11) is 0. The normalized spacial score (nSPS) is 28.2. The predicted octanol–water partition coefficient (Wildman–Crippen LogP) is 6.23. The Labute approximate surface area is 166 Å². The van der Waals surface area contributed by atoms with Crippen molar-refractivity contribution in [3.8, 4) is 0 Å². The van der Waals surface area contributed by atoms with Crippen molar-refractivity contribution in [1.29, 1.82) is 0 Å². The number of carboxylic acids is 1. The van der Waals surface area contributed by atoms with Gasteiger partial charge < -0.3 is 10.2 Å². The largest absolute Gasteiger partial charge is 0.478 e. The molecule has 27 heavy (non-hydrogen) atoms. The van der Waals surface area contributed by atoms with Gasteiger partial charge in [0.15, 0.2) is 0 Å². The number of hydrogen-bond donors (Lipinski definition) is 2. The molecule has 1 aliphatic carbocycles. The molecule has 0 aromatic heterocycles. The smallest absolute Gasteiger partial charge is 0.327 e. The van der Waals surface area contributed by atoms with Gasteiger partial charge in [-0.15, -0.1) is 0 Å². The topological polar surface area (TPSA) is 57.5 Å². The highest BCUT2D eigenvalue weighted by Gasteiger charge is 2.38. The molecule has 1 rings (SSSR count). The molecule has 3 nitrogen and oxygen atoms in total. The van der Waals surface area contributed by atoms with Gasteiger partial charge in [-0.2, -0.15) is 0 Å². The molecule has 0 radical (unpaired) electrons. The van der Waals surface area contributed by atoms with E-state index in [9.17, 15) is 9.90 Å². The highest BCUT2D eigenvalue weighted by molar-refractivity contribution is 5.79. The first-order chi connectivity index (χ1) is 12.8. The van der Waals surface area contributed by atoms with Crippen LogP contribution in [0.3, 0.4) is 0 Å². The van der Waals surface area contributed by atoms with Crippen LogP contribution in [0.4, 0.5) is 0 Å². The first kappa shape index (κ1) is 23.9. The van der Waals surface area contributed by atoms with Gasteiger partial charge in [0.1, 0.15) is 0 Å². The molecule has 0 unspecified atom stereocenters. The maximum absolute atomic E-state index is 10.5. The molecule has 0 aromatic carbocycles. The zero-order valence-electron chi connectivity index (χ0n) is 17.9. The number of allylic oxidation sites excluding steroid dienone is 3. The third-order valence-corrected chi connectivity index (χ3v) is 6.16. The van der Waals surface area contributed by atoms with Gasteiger partial charge in [0.05, 0.1) is 6.10 Å². The quantitative estimate of drug-likeness (QED) is 0.227. The van der Waals surface area contributed by atoms with Crippen LogP contribution in [-0.2, 0) is 4.79 Å². The van der Waals surface area contributed by atoms with Crippen LogP contribution in [0.2, 0.25) is 0 Å². The number of carboxylic acid groups (broad SMARTS) is 1. The fourth-order valence-corrected chi connectivity index (χ4v) is 4.64. The maximum Gasteiger partial charge on any atom is 0.327 e. The summed E-state index contributed by atoms with van der Waals surface area (Å²) >= 11 is 0. The number of aliphatic carboxylic acids is 1. The van der Waals surface area contributed by atoms with Gasteiger partial charge in [-0.3, -0.25) is 0 Å². The summed E-state index contributed by atoms with van der Waals surface area (Å²) in [5.41, 5.74) is 0. The van der Waals surface area contributed by atoms with E-state index in [1.165, 1.54) is 31.8 Å². The van der Waals surface area contributed by atoms with E-state index in [0.29, 0.717) is 23.7 Å². The van der Waals surface area contributed by atoms with E-state index >= 15 is 0 Å². The number of unbranched alkanes of at least 4 members (excludes halogenated alkanes) is 3. The van der Waals surface area contributed by atoms with Gasteiger partial charge in [0, 0.05) is 6.08 Å². The lowest BCUT2D eigenvalue weighted by atomic mass is 9.84. The number of rotatable bonds is 13.